The minimum atomic E-state index is 0.987. The standard InChI is InChI=1S/C29H20N4/c1-19-9-7-12-21(17-19)33-23-14-6-5-13-22(23)27-29(33)26-25(18-31-27)32(20-10-3-2-4-11-20)24-15-8-16-30-28(24)26/h2-18H,1H3. The molecule has 0 unspecified atom stereocenters. The van der Waals surface area contributed by atoms with Gasteiger partial charge in [0.25, 0.3) is 0 Å². The maximum absolute atomic E-state index is 5.02. The topological polar surface area (TPSA) is 35.6 Å². The summed E-state index contributed by atoms with van der Waals surface area (Å²) in [6.07, 6.45) is 3.88. The van der Waals surface area contributed by atoms with Gasteiger partial charge in [0, 0.05) is 23.0 Å². The van der Waals surface area contributed by atoms with E-state index in [1.165, 1.54) is 5.56 Å². The molecule has 0 aliphatic carbocycles. The molecule has 4 aromatic heterocycles. The first-order chi connectivity index (χ1) is 16.3. The molecule has 0 aliphatic heterocycles. The lowest BCUT2D eigenvalue weighted by atomic mass is 10.2. The summed E-state index contributed by atoms with van der Waals surface area (Å²) in [6, 6.07) is 31.7. The molecule has 156 valence electrons. The van der Waals surface area contributed by atoms with E-state index in [1.54, 1.807) is 0 Å². The van der Waals surface area contributed by atoms with Crippen LogP contribution in [0.25, 0.3) is 55.2 Å². The van der Waals surface area contributed by atoms with Crippen LogP contribution in [0.3, 0.4) is 0 Å². The second kappa shape index (κ2) is 6.78. The van der Waals surface area contributed by atoms with Crippen molar-refractivity contribution in [2.75, 3.05) is 0 Å². The zero-order chi connectivity index (χ0) is 21.9. The summed E-state index contributed by atoms with van der Waals surface area (Å²) in [5.74, 6) is 0. The Hall–Kier alpha value is -4.44. The predicted molar refractivity (Wildman–Crippen MR) is 135 cm³/mol. The monoisotopic (exact) mass is 424 g/mol. The lowest BCUT2D eigenvalue weighted by Gasteiger charge is -2.10. The molecule has 0 radical (unpaired) electrons. The molecule has 3 aromatic carbocycles. The highest BCUT2D eigenvalue weighted by molar-refractivity contribution is 6.23. The van der Waals surface area contributed by atoms with Gasteiger partial charge >= 0.3 is 0 Å². The van der Waals surface area contributed by atoms with E-state index in [0.717, 1.165) is 55.2 Å². The molecule has 0 N–H and O–H groups in total. The van der Waals surface area contributed by atoms with Crippen molar-refractivity contribution < 1.29 is 0 Å². The average molecular weight is 425 g/mol. The molecule has 7 aromatic rings. The van der Waals surface area contributed by atoms with E-state index in [9.17, 15) is 0 Å². The van der Waals surface area contributed by atoms with Gasteiger partial charge in [-0.15, -0.1) is 0 Å². The highest BCUT2D eigenvalue weighted by Crippen LogP contribution is 2.40. The average Bonchev–Trinajstić information content (AvgIpc) is 3.37. The highest BCUT2D eigenvalue weighted by Gasteiger charge is 2.22. The largest absolute Gasteiger partial charge is 0.307 e. The fourth-order valence-corrected chi connectivity index (χ4v) is 5.09. The number of hydrogen-bond donors (Lipinski definition) is 0. The number of hydrogen-bond acceptors (Lipinski definition) is 2. The van der Waals surface area contributed by atoms with Crippen LogP contribution in [0, 0.1) is 6.92 Å². The van der Waals surface area contributed by atoms with Crippen LogP contribution in [0.2, 0.25) is 0 Å². The summed E-state index contributed by atoms with van der Waals surface area (Å²) in [4.78, 5) is 9.88. The van der Waals surface area contributed by atoms with Gasteiger partial charge in [-0.25, -0.2) is 0 Å². The molecule has 0 bridgehead atoms. The van der Waals surface area contributed by atoms with Gasteiger partial charge in [0.15, 0.2) is 0 Å². The molecule has 7 rings (SSSR count). The van der Waals surface area contributed by atoms with E-state index in [1.807, 2.05) is 24.5 Å². The first-order valence-corrected chi connectivity index (χ1v) is 11.1. The van der Waals surface area contributed by atoms with Crippen molar-refractivity contribution in [1.29, 1.82) is 0 Å². The molecular formula is C29H20N4. The van der Waals surface area contributed by atoms with Gasteiger partial charge in [-0.3, -0.25) is 9.97 Å². The second-order valence-electron chi connectivity index (χ2n) is 8.45. The van der Waals surface area contributed by atoms with Gasteiger partial charge in [-0.1, -0.05) is 48.5 Å². The van der Waals surface area contributed by atoms with Crippen molar-refractivity contribution in [1.82, 2.24) is 19.1 Å². The molecule has 0 saturated carbocycles. The van der Waals surface area contributed by atoms with Crippen LogP contribution in [-0.2, 0) is 0 Å². The fraction of sp³-hybridized carbons (Fsp3) is 0.0345. The third kappa shape index (κ3) is 2.52. The van der Waals surface area contributed by atoms with Gasteiger partial charge in [0.2, 0.25) is 0 Å². The zero-order valence-corrected chi connectivity index (χ0v) is 18.1. The molecule has 0 aliphatic rings. The molecule has 0 amide bonds. The van der Waals surface area contributed by atoms with Crippen molar-refractivity contribution in [3.63, 3.8) is 0 Å². The summed E-state index contributed by atoms with van der Waals surface area (Å²) in [7, 11) is 0. The lowest BCUT2D eigenvalue weighted by molar-refractivity contribution is 1.16. The maximum Gasteiger partial charge on any atom is 0.0986 e. The SMILES string of the molecule is Cc1cccc(-n2c3ccccc3c3ncc4c(c5ncccc5n4-c4ccccc4)c32)c1. The first-order valence-electron chi connectivity index (χ1n) is 11.1. The summed E-state index contributed by atoms with van der Waals surface area (Å²) in [5.41, 5.74) is 9.82. The Morgan fingerprint density at radius 3 is 2.27 bits per heavy atom. The van der Waals surface area contributed by atoms with Crippen LogP contribution < -0.4 is 0 Å². The van der Waals surface area contributed by atoms with Gasteiger partial charge < -0.3 is 9.13 Å². The van der Waals surface area contributed by atoms with Crippen molar-refractivity contribution in [3.8, 4) is 11.4 Å². The number of fused-ring (bicyclic) bond motifs is 7. The Morgan fingerprint density at radius 1 is 0.606 bits per heavy atom. The van der Waals surface area contributed by atoms with E-state index in [4.69, 9.17) is 9.97 Å². The van der Waals surface area contributed by atoms with Crippen LogP contribution in [0.15, 0.2) is 103 Å². The Morgan fingerprint density at radius 2 is 1.39 bits per heavy atom. The second-order valence-corrected chi connectivity index (χ2v) is 8.45. The van der Waals surface area contributed by atoms with Crippen LogP contribution in [0.1, 0.15) is 5.56 Å². The first kappa shape index (κ1) is 18.2. The highest BCUT2D eigenvalue weighted by atomic mass is 15.0. The van der Waals surface area contributed by atoms with E-state index < -0.39 is 0 Å². The number of para-hydroxylation sites is 2. The molecule has 0 atom stereocenters. The Kier molecular flexibility index (Phi) is 3.73. The Labute approximate surface area is 190 Å². The smallest absolute Gasteiger partial charge is 0.0986 e. The van der Waals surface area contributed by atoms with Gasteiger partial charge in [-0.05, 0) is 55.0 Å². The molecule has 4 nitrogen and oxygen atoms in total. The third-order valence-corrected chi connectivity index (χ3v) is 6.44. The number of aryl methyl sites for hydroxylation is 1. The van der Waals surface area contributed by atoms with Crippen molar-refractivity contribution in [2.45, 2.75) is 6.92 Å². The molecule has 0 fully saturated rings. The van der Waals surface area contributed by atoms with Gasteiger partial charge in [0.05, 0.1) is 44.7 Å². The van der Waals surface area contributed by atoms with Crippen LogP contribution >= 0.6 is 0 Å². The number of aromatic nitrogens is 4. The van der Waals surface area contributed by atoms with Crippen molar-refractivity contribution in [2.24, 2.45) is 0 Å². The van der Waals surface area contributed by atoms with Gasteiger partial charge in [0.1, 0.15) is 0 Å². The Balaban J connectivity index is 1.76. The number of pyridine rings is 2. The van der Waals surface area contributed by atoms with E-state index in [2.05, 4.69) is 94.9 Å². The van der Waals surface area contributed by atoms with E-state index in [-0.39, 0.29) is 0 Å². The third-order valence-electron chi connectivity index (χ3n) is 6.44. The summed E-state index contributed by atoms with van der Waals surface area (Å²) in [6.45, 7) is 2.13. The number of rotatable bonds is 2. The minimum Gasteiger partial charge on any atom is -0.307 e. The summed E-state index contributed by atoms with van der Waals surface area (Å²) in [5, 5.41) is 2.27. The molecular weight excluding hydrogens is 404 g/mol. The van der Waals surface area contributed by atoms with Crippen molar-refractivity contribution >= 4 is 43.9 Å². The normalized spacial score (nSPS) is 11.8. The van der Waals surface area contributed by atoms with Crippen LogP contribution in [0.4, 0.5) is 0 Å². The molecule has 0 saturated heterocycles. The van der Waals surface area contributed by atoms with E-state index >= 15 is 0 Å². The molecule has 33 heavy (non-hydrogen) atoms. The van der Waals surface area contributed by atoms with Gasteiger partial charge in [-0.2, -0.15) is 0 Å². The maximum atomic E-state index is 5.02. The fourth-order valence-electron chi connectivity index (χ4n) is 5.09. The number of nitrogens with zero attached hydrogens (tertiary/aromatic N) is 4. The quantitative estimate of drug-likeness (QED) is 0.300. The minimum absolute atomic E-state index is 0.987. The lowest BCUT2D eigenvalue weighted by Crippen LogP contribution is -1.96. The number of benzene rings is 3. The Bertz CT molecular complexity index is 1820. The summed E-state index contributed by atoms with van der Waals surface area (Å²) < 4.78 is 4.61. The van der Waals surface area contributed by atoms with Crippen LogP contribution in [0.5, 0.6) is 0 Å². The molecule has 4 heterocycles. The summed E-state index contributed by atoms with van der Waals surface area (Å²) >= 11 is 0. The predicted octanol–water partition coefficient (Wildman–Crippen LogP) is 6.98. The van der Waals surface area contributed by atoms with E-state index in [0.29, 0.717) is 0 Å². The van der Waals surface area contributed by atoms with Crippen LogP contribution in [-0.4, -0.2) is 19.1 Å². The zero-order valence-electron chi connectivity index (χ0n) is 18.1. The molecule has 0 spiro atoms. The molecule has 4 heteroatoms. The van der Waals surface area contributed by atoms with Crippen molar-refractivity contribution in [3.05, 3.63) is 109 Å².